The van der Waals surface area contributed by atoms with Crippen molar-refractivity contribution in [2.45, 2.75) is 232 Å². The first-order chi connectivity index (χ1) is 29.0. The highest BCUT2D eigenvalue weighted by Crippen LogP contribution is 2.14. The minimum absolute atomic E-state index is 0.0881. The van der Waals surface area contributed by atoms with E-state index < -0.39 is 6.10 Å². The van der Waals surface area contributed by atoms with E-state index in [1.165, 1.54) is 77.0 Å². The molecule has 0 saturated carbocycles. The molecule has 1 unspecified atom stereocenters. The molecule has 59 heavy (non-hydrogen) atoms. The molecule has 6 nitrogen and oxygen atoms in total. The third-order valence-corrected chi connectivity index (χ3v) is 10.2. The monoisotopic (exact) mass is 823 g/mol. The molecule has 6 heteroatoms. The van der Waals surface area contributed by atoms with Crippen molar-refractivity contribution < 1.29 is 28.6 Å². The van der Waals surface area contributed by atoms with Crippen LogP contribution in [0, 0.1) is 0 Å². The van der Waals surface area contributed by atoms with Gasteiger partial charge < -0.3 is 14.2 Å². The Morgan fingerprint density at radius 2 is 0.661 bits per heavy atom. The molecule has 338 valence electrons. The zero-order valence-electron chi connectivity index (χ0n) is 38.5. The largest absolute Gasteiger partial charge is 0.462 e. The molecule has 0 saturated heterocycles. The Hall–Kier alpha value is -3.15. The summed E-state index contributed by atoms with van der Waals surface area (Å²) in [5, 5.41) is 0. The fourth-order valence-electron chi connectivity index (χ4n) is 6.52. The predicted octanol–water partition coefficient (Wildman–Crippen LogP) is 15.9. The Morgan fingerprint density at radius 3 is 1.07 bits per heavy atom. The SMILES string of the molecule is CC/C=C\C/C=C\C/C=C\C/C=C\CCCCCCC(=O)OC(COC(=O)CCCCCCC)COC(=O)CCCCCCCCCCC/C=C\C/C=C\CCCCC. The Bertz CT molecular complexity index is 1130. The Balaban J connectivity index is 4.24. The van der Waals surface area contributed by atoms with Crippen LogP contribution in [0.5, 0.6) is 0 Å². The summed E-state index contributed by atoms with van der Waals surface area (Å²) in [5.41, 5.74) is 0. The van der Waals surface area contributed by atoms with Crippen LogP contribution in [0.15, 0.2) is 72.9 Å². The van der Waals surface area contributed by atoms with E-state index in [1.807, 2.05) is 0 Å². The third kappa shape index (κ3) is 45.8. The zero-order chi connectivity index (χ0) is 43.0. The summed E-state index contributed by atoms with van der Waals surface area (Å²) in [5.74, 6) is -0.932. The zero-order valence-corrected chi connectivity index (χ0v) is 38.5. The van der Waals surface area contributed by atoms with Gasteiger partial charge in [0.1, 0.15) is 13.2 Å². The van der Waals surface area contributed by atoms with Gasteiger partial charge in [-0.3, -0.25) is 14.4 Å². The highest BCUT2D eigenvalue weighted by molar-refractivity contribution is 5.71. The summed E-state index contributed by atoms with van der Waals surface area (Å²) < 4.78 is 16.6. The van der Waals surface area contributed by atoms with Gasteiger partial charge in [0.15, 0.2) is 6.10 Å². The molecule has 0 bridgehead atoms. The lowest BCUT2D eigenvalue weighted by molar-refractivity contribution is -0.167. The van der Waals surface area contributed by atoms with E-state index in [0.717, 1.165) is 109 Å². The standard InChI is InChI=1S/C53H90O6/c1-4-7-10-13-15-17-19-21-23-25-26-28-29-31-33-35-37-40-43-46-52(55)58-49-50(48-57-51(54)45-42-39-12-9-6-3)59-53(56)47-44-41-38-36-34-32-30-27-24-22-20-18-16-14-11-8-5-2/h8,11,15-18,21-24,30,32,50H,4-7,9-10,12-14,19-20,25-29,31,33-49H2,1-3H3/b11-8-,17-15-,18-16-,23-21-,24-22-,32-30-. The highest BCUT2D eigenvalue weighted by Gasteiger charge is 2.19. The molecule has 0 aromatic carbocycles. The summed E-state index contributed by atoms with van der Waals surface area (Å²) in [6.07, 6.45) is 59.2. The minimum atomic E-state index is -0.785. The molecule has 0 aromatic rings. The number of unbranched alkanes of at least 4 members (excludes halogenated alkanes) is 20. The van der Waals surface area contributed by atoms with Gasteiger partial charge in [-0.25, -0.2) is 0 Å². The van der Waals surface area contributed by atoms with E-state index in [1.54, 1.807) is 0 Å². The number of rotatable bonds is 43. The molecular formula is C53H90O6. The fourth-order valence-corrected chi connectivity index (χ4v) is 6.52. The van der Waals surface area contributed by atoms with Crippen molar-refractivity contribution in [1.82, 2.24) is 0 Å². The van der Waals surface area contributed by atoms with Gasteiger partial charge in [0, 0.05) is 19.3 Å². The smallest absolute Gasteiger partial charge is 0.306 e. The van der Waals surface area contributed by atoms with E-state index in [2.05, 4.69) is 93.7 Å². The van der Waals surface area contributed by atoms with E-state index in [9.17, 15) is 14.4 Å². The van der Waals surface area contributed by atoms with Gasteiger partial charge in [0.2, 0.25) is 0 Å². The number of ether oxygens (including phenoxy) is 3. The predicted molar refractivity (Wildman–Crippen MR) is 251 cm³/mol. The maximum Gasteiger partial charge on any atom is 0.306 e. The average Bonchev–Trinajstić information content (AvgIpc) is 3.23. The molecule has 0 radical (unpaired) electrons. The topological polar surface area (TPSA) is 78.9 Å². The number of carbonyl (C=O) groups is 3. The summed E-state index contributed by atoms with van der Waals surface area (Å²) in [4.78, 5) is 37.6. The second-order valence-electron chi connectivity index (χ2n) is 16.0. The lowest BCUT2D eigenvalue weighted by Crippen LogP contribution is -2.30. The number of allylic oxidation sites excluding steroid dienone is 12. The van der Waals surface area contributed by atoms with Gasteiger partial charge >= 0.3 is 17.9 Å². The average molecular weight is 823 g/mol. The van der Waals surface area contributed by atoms with Gasteiger partial charge in [-0.2, -0.15) is 0 Å². The fraction of sp³-hybridized carbons (Fsp3) is 0.717. The quantitative estimate of drug-likeness (QED) is 0.0264. The van der Waals surface area contributed by atoms with Crippen LogP contribution in [0.2, 0.25) is 0 Å². The second kappa shape index (κ2) is 47.5. The maximum atomic E-state index is 12.7. The van der Waals surface area contributed by atoms with Gasteiger partial charge in [0.25, 0.3) is 0 Å². The molecule has 0 aliphatic carbocycles. The van der Waals surface area contributed by atoms with E-state index in [0.29, 0.717) is 19.3 Å². The van der Waals surface area contributed by atoms with Crippen LogP contribution >= 0.6 is 0 Å². The molecule has 0 fully saturated rings. The maximum absolute atomic E-state index is 12.7. The van der Waals surface area contributed by atoms with Gasteiger partial charge in [-0.05, 0) is 89.9 Å². The molecule has 0 aliphatic heterocycles. The second-order valence-corrected chi connectivity index (χ2v) is 16.0. The summed E-state index contributed by atoms with van der Waals surface area (Å²) in [7, 11) is 0. The van der Waals surface area contributed by atoms with Crippen molar-refractivity contribution in [3.8, 4) is 0 Å². The number of esters is 3. The summed E-state index contributed by atoms with van der Waals surface area (Å²) in [6, 6.07) is 0. The molecule has 0 aliphatic rings. The van der Waals surface area contributed by atoms with Gasteiger partial charge in [0.05, 0.1) is 0 Å². The Labute approximate surface area is 363 Å². The van der Waals surface area contributed by atoms with Crippen LogP contribution in [0.25, 0.3) is 0 Å². The molecule has 0 amide bonds. The first-order valence-electron chi connectivity index (χ1n) is 24.4. The lowest BCUT2D eigenvalue weighted by atomic mass is 10.1. The third-order valence-electron chi connectivity index (χ3n) is 10.2. The normalized spacial score (nSPS) is 12.7. The van der Waals surface area contributed by atoms with Crippen LogP contribution in [-0.4, -0.2) is 37.2 Å². The molecule has 1 atom stereocenters. The van der Waals surface area contributed by atoms with Crippen molar-refractivity contribution in [2.24, 2.45) is 0 Å². The van der Waals surface area contributed by atoms with Gasteiger partial charge in [-0.1, -0.05) is 190 Å². The number of hydrogen-bond donors (Lipinski definition) is 0. The van der Waals surface area contributed by atoms with E-state index >= 15 is 0 Å². The highest BCUT2D eigenvalue weighted by atomic mass is 16.6. The van der Waals surface area contributed by atoms with Crippen LogP contribution in [0.3, 0.4) is 0 Å². The van der Waals surface area contributed by atoms with Crippen molar-refractivity contribution >= 4 is 17.9 Å². The summed E-state index contributed by atoms with van der Waals surface area (Å²) in [6.45, 7) is 6.38. The van der Waals surface area contributed by atoms with Crippen molar-refractivity contribution in [3.63, 3.8) is 0 Å². The van der Waals surface area contributed by atoms with Crippen molar-refractivity contribution in [3.05, 3.63) is 72.9 Å². The molecule has 0 rings (SSSR count). The molecule has 0 N–H and O–H groups in total. The molecule has 0 spiro atoms. The first-order valence-corrected chi connectivity index (χ1v) is 24.4. The Kier molecular flexibility index (Phi) is 45.0. The number of hydrogen-bond acceptors (Lipinski definition) is 6. The number of carbonyl (C=O) groups excluding carboxylic acids is 3. The van der Waals surface area contributed by atoms with Crippen molar-refractivity contribution in [2.75, 3.05) is 13.2 Å². The van der Waals surface area contributed by atoms with Crippen LogP contribution in [0.4, 0.5) is 0 Å². The molecular weight excluding hydrogens is 733 g/mol. The first kappa shape index (κ1) is 55.9. The lowest BCUT2D eigenvalue weighted by Gasteiger charge is -2.18. The van der Waals surface area contributed by atoms with Gasteiger partial charge in [-0.15, -0.1) is 0 Å². The molecule has 0 heterocycles. The van der Waals surface area contributed by atoms with Crippen molar-refractivity contribution in [1.29, 1.82) is 0 Å². The van der Waals surface area contributed by atoms with E-state index in [-0.39, 0.29) is 31.1 Å². The summed E-state index contributed by atoms with van der Waals surface area (Å²) >= 11 is 0. The van der Waals surface area contributed by atoms with E-state index in [4.69, 9.17) is 14.2 Å². The van der Waals surface area contributed by atoms with Crippen LogP contribution < -0.4 is 0 Å². The Morgan fingerprint density at radius 1 is 0.356 bits per heavy atom. The van der Waals surface area contributed by atoms with Crippen LogP contribution in [-0.2, 0) is 28.6 Å². The van der Waals surface area contributed by atoms with Crippen LogP contribution in [0.1, 0.15) is 226 Å². The molecule has 0 aromatic heterocycles. The minimum Gasteiger partial charge on any atom is -0.462 e.